The number of hydrogen-bond acceptors (Lipinski definition) is 6. The van der Waals surface area contributed by atoms with Crippen molar-refractivity contribution in [3.05, 3.63) is 75.6 Å². The number of hydrogen-bond donors (Lipinski definition) is 2. The second kappa shape index (κ2) is 10.2. The van der Waals surface area contributed by atoms with Gasteiger partial charge in [0.05, 0.1) is 11.6 Å². The first kappa shape index (κ1) is 26.1. The maximum atomic E-state index is 14.4. The molecule has 2 heterocycles. The molecular weight excluding hydrogens is 496 g/mol. The molecular formula is C25H24F4N4O4. The van der Waals surface area contributed by atoms with E-state index in [1.165, 1.54) is 17.0 Å². The standard InChI is InChI=1S/C25H24F4N4O4/c1-14-9-17(10-15(2)19(14)13-32-7-5-16(12-32)24(35)36)33-8-6-30-22(23(33)34)31-21-4-3-18(11-20(21)26)37-25(27,28)29/h3-4,6,8-11,16H,5,7,12-13H2,1-2H3,(H,30,31)(H,35,36)/t16-/m1/s1. The second-order valence-corrected chi connectivity index (χ2v) is 8.88. The molecule has 0 unspecified atom stereocenters. The van der Waals surface area contributed by atoms with Crippen molar-refractivity contribution < 1.29 is 32.2 Å². The van der Waals surface area contributed by atoms with Gasteiger partial charge in [0, 0.05) is 37.2 Å². The van der Waals surface area contributed by atoms with Crippen LogP contribution in [0.4, 0.5) is 29.1 Å². The van der Waals surface area contributed by atoms with Gasteiger partial charge in [0.1, 0.15) is 11.6 Å². The summed E-state index contributed by atoms with van der Waals surface area (Å²) in [7, 11) is 0. The van der Waals surface area contributed by atoms with E-state index in [0.717, 1.165) is 28.8 Å². The number of halogens is 4. The monoisotopic (exact) mass is 520 g/mol. The largest absolute Gasteiger partial charge is 0.573 e. The third-order valence-corrected chi connectivity index (χ3v) is 6.23. The molecule has 196 valence electrons. The molecule has 1 saturated heterocycles. The fourth-order valence-corrected chi connectivity index (χ4v) is 4.38. The third-order valence-electron chi connectivity index (χ3n) is 6.23. The van der Waals surface area contributed by atoms with Crippen LogP contribution in [0.25, 0.3) is 5.69 Å². The highest BCUT2D eigenvalue weighted by Gasteiger charge is 2.31. The molecule has 0 saturated carbocycles. The van der Waals surface area contributed by atoms with E-state index in [1.54, 1.807) is 0 Å². The van der Waals surface area contributed by atoms with E-state index in [1.807, 2.05) is 26.0 Å². The maximum Gasteiger partial charge on any atom is 0.573 e. The molecule has 2 aromatic carbocycles. The van der Waals surface area contributed by atoms with Gasteiger partial charge >= 0.3 is 12.3 Å². The highest BCUT2D eigenvalue weighted by atomic mass is 19.4. The van der Waals surface area contributed by atoms with E-state index < -0.39 is 29.5 Å². The number of ether oxygens (including phenoxy) is 1. The Hall–Kier alpha value is -3.93. The maximum absolute atomic E-state index is 14.4. The number of carboxylic acids is 1. The van der Waals surface area contributed by atoms with Gasteiger partial charge in [-0.2, -0.15) is 0 Å². The number of benzene rings is 2. The lowest BCUT2D eigenvalue weighted by Crippen LogP contribution is -2.24. The minimum Gasteiger partial charge on any atom is -0.481 e. The van der Waals surface area contributed by atoms with E-state index in [0.29, 0.717) is 37.8 Å². The van der Waals surface area contributed by atoms with E-state index in [2.05, 4.69) is 19.9 Å². The summed E-state index contributed by atoms with van der Waals surface area (Å²) in [6, 6.07) is 6.14. The number of aryl methyl sites for hydroxylation is 2. The number of aliphatic carboxylic acids is 1. The van der Waals surface area contributed by atoms with Crippen LogP contribution in [0.5, 0.6) is 5.75 Å². The van der Waals surface area contributed by atoms with Gasteiger partial charge in [-0.3, -0.25) is 19.1 Å². The molecule has 1 aliphatic heterocycles. The molecule has 4 rings (SSSR count). The summed E-state index contributed by atoms with van der Waals surface area (Å²) in [6.45, 7) is 5.57. The van der Waals surface area contributed by atoms with Gasteiger partial charge in [0.25, 0.3) is 5.56 Å². The van der Waals surface area contributed by atoms with Crippen molar-refractivity contribution in [3.63, 3.8) is 0 Å². The van der Waals surface area contributed by atoms with E-state index in [-0.39, 0.29) is 17.4 Å². The molecule has 12 heteroatoms. The SMILES string of the molecule is Cc1cc(-n2ccnc(Nc3ccc(OC(F)(F)F)cc3F)c2=O)cc(C)c1CN1CC[C@@H](C(=O)O)C1. The van der Waals surface area contributed by atoms with Crippen molar-refractivity contribution in [2.75, 3.05) is 18.4 Å². The van der Waals surface area contributed by atoms with Crippen molar-refractivity contribution in [3.8, 4) is 11.4 Å². The Bertz CT molecular complexity index is 1370. The predicted molar refractivity (Wildman–Crippen MR) is 127 cm³/mol. The zero-order valence-electron chi connectivity index (χ0n) is 20.0. The van der Waals surface area contributed by atoms with Gasteiger partial charge in [-0.25, -0.2) is 9.37 Å². The fraction of sp³-hybridized carbons (Fsp3) is 0.320. The normalized spacial score (nSPS) is 16.1. The second-order valence-electron chi connectivity index (χ2n) is 8.88. The zero-order chi connectivity index (χ0) is 26.9. The zero-order valence-corrected chi connectivity index (χ0v) is 20.0. The summed E-state index contributed by atoms with van der Waals surface area (Å²) in [5, 5.41) is 11.8. The highest BCUT2D eigenvalue weighted by Crippen LogP contribution is 2.28. The van der Waals surface area contributed by atoms with Gasteiger partial charge < -0.3 is 15.2 Å². The van der Waals surface area contributed by atoms with Gasteiger partial charge in [0.2, 0.25) is 0 Å². The lowest BCUT2D eigenvalue weighted by Gasteiger charge is -2.20. The molecule has 37 heavy (non-hydrogen) atoms. The van der Waals surface area contributed by atoms with Crippen LogP contribution in [0.3, 0.4) is 0 Å². The number of nitrogens with zero attached hydrogens (tertiary/aromatic N) is 3. The van der Waals surface area contributed by atoms with Gasteiger partial charge in [-0.1, -0.05) is 0 Å². The minimum atomic E-state index is -4.96. The van der Waals surface area contributed by atoms with Crippen LogP contribution >= 0.6 is 0 Å². The summed E-state index contributed by atoms with van der Waals surface area (Å²) in [5.74, 6) is -3.17. The quantitative estimate of drug-likeness (QED) is 0.442. The van der Waals surface area contributed by atoms with Gasteiger partial charge in [0.15, 0.2) is 5.82 Å². The van der Waals surface area contributed by atoms with Crippen LogP contribution in [0.15, 0.2) is 47.5 Å². The van der Waals surface area contributed by atoms with E-state index >= 15 is 0 Å². The molecule has 1 atom stereocenters. The molecule has 0 spiro atoms. The molecule has 0 aliphatic carbocycles. The number of anilines is 2. The van der Waals surface area contributed by atoms with Crippen molar-refractivity contribution >= 4 is 17.5 Å². The topological polar surface area (TPSA) is 96.7 Å². The summed E-state index contributed by atoms with van der Waals surface area (Å²) in [6.07, 6.45) is -1.56. The van der Waals surface area contributed by atoms with Crippen LogP contribution in [0, 0.1) is 25.6 Å². The average Bonchev–Trinajstić information content (AvgIpc) is 3.27. The molecule has 0 bridgehead atoms. The number of nitrogens with one attached hydrogen (secondary N) is 1. The number of alkyl halides is 3. The fourth-order valence-electron chi connectivity index (χ4n) is 4.38. The highest BCUT2D eigenvalue weighted by molar-refractivity contribution is 5.70. The first-order valence-electron chi connectivity index (χ1n) is 11.4. The van der Waals surface area contributed by atoms with E-state index in [9.17, 15) is 32.3 Å². The van der Waals surface area contributed by atoms with Crippen molar-refractivity contribution in [1.82, 2.24) is 14.5 Å². The minimum absolute atomic E-state index is 0.220. The Balaban J connectivity index is 1.56. The molecule has 2 N–H and O–H groups in total. The van der Waals surface area contributed by atoms with Crippen LogP contribution in [-0.2, 0) is 11.3 Å². The van der Waals surface area contributed by atoms with Crippen LogP contribution in [0.1, 0.15) is 23.1 Å². The molecule has 1 fully saturated rings. The number of carbonyl (C=O) groups is 1. The Morgan fingerprint density at radius 3 is 2.51 bits per heavy atom. The van der Waals surface area contributed by atoms with Crippen molar-refractivity contribution in [2.45, 2.75) is 33.2 Å². The van der Waals surface area contributed by atoms with Gasteiger partial charge in [-0.15, -0.1) is 13.2 Å². The molecule has 8 nitrogen and oxygen atoms in total. The molecule has 1 aliphatic rings. The Labute approximate surface area is 209 Å². The summed E-state index contributed by atoms with van der Waals surface area (Å²) < 4.78 is 56.5. The summed E-state index contributed by atoms with van der Waals surface area (Å²) >= 11 is 0. The molecule has 1 aromatic heterocycles. The summed E-state index contributed by atoms with van der Waals surface area (Å²) in [5.41, 5.74) is 2.58. The lowest BCUT2D eigenvalue weighted by atomic mass is 10.0. The lowest BCUT2D eigenvalue weighted by molar-refractivity contribution is -0.274. The number of aromatic nitrogens is 2. The Morgan fingerprint density at radius 1 is 1.22 bits per heavy atom. The Kier molecular flexibility index (Phi) is 7.21. The molecule has 0 radical (unpaired) electrons. The van der Waals surface area contributed by atoms with Crippen LogP contribution in [0.2, 0.25) is 0 Å². The third kappa shape index (κ3) is 6.08. The number of carboxylic acid groups (broad SMARTS) is 1. The number of rotatable bonds is 7. The first-order valence-corrected chi connectivity index (χ1v) is 11.4. The summed E-state index contributed by atoms with van der Waals surface area (Å²) in [4.78, 5) is 30.4. The smallest absolute Gasteiger partial charge is 0.481 e. The van der Waals surface area contributed by atoms with Crippen molar-refractivity contribution in [1.29, 1.82) is 0 Å². The van der Waals surface area contributed by atoms with Crippen LogP contribution in [-0.4, -0.2) is 45.0 Å². The van der Waals surface area contributed by atoms with Gasteiger partial charge in [-0.05, 0) is 67.8 Å². The predicted octanol–water partition coefficient (Wildman–Crippen LogP) is 4.54. The molecule has 0 amide bonds. The first-order chi connectivity index (χ1) is 17.4. The van der Waals surface area contributed by atoms with E-state index in [4.69, 9.17) is 0 Å². The van der Waals surface area contributed by atoms with Crippen molar-refractivity contribution in [2.24, 2.45) is 5.92 Å². The average molecular weight is 520 g/mol. The van der Waals surface area contributed by atoms with Crippen LogP contribution < -0.4 is 15.6 Å². The number of likely N-dealkylation sites (tertiary alicyclic amines) is 1. The Morgan fingerprint density at radius 2 is 1.92 bits per heavy atom. The molecule has 3 aromatic rings.